The van der Waals surface area contributed by atoms with E-state index in [9.17, 15) is 13.6 Å². The number of hydrogen-bond donors (Lipinski definition) is 2. The second-order valence-corrected chi connectivity index (χ2v) is 4.13. The number of rotatable bonds is 4. The zero-order chi connectivity index (χ0) is 12.1. The zero-order valence-electron chi connectivity index (χ0n) is 8.72. The Hall–Kier alpha value is -1.30. The molecule has 0 radical (unpaired) electrons. The Morgan fingerprint density at radius 1 is 1.50 bits per heavy atom. The lowest BCUT2D eigenvalue weighted by Gasteiger charge is -2.09. The van der Waals surface area contributed by atoms with Crippen LogP contribution < -0.4 is 11.1 Å². The van der Waals surface area contributed by atoms with Crippen LogP contribution in [0.4, 0.5) is 20.2 Å². The third-order valence-corrected chi connectivity index (χ3v) is 2.50. The minimum Gasteiger partial charge on any atom is -0.397 e. The Labute approximate surface area is 96.4 Å². The van der Waals surface area contributed by atoms with Gasteiger partial charge in [-0.1, -0.05) is 0 Å². The molecule has 0 heterocycles. The van der Waals surface area contributed by atoms with Gasteiger partial charge in [-0.05, 0) is 12.3 Å². The van der Waals surface area contributed by atoms with Gasteiger partial charge in [-0.25, -0.2) is 8.78 Å². The van der Waals surface area contributed by atoms with E-state index >= 15 is 0 Å². The highest BCUT2D eigenvalue weighted by atomic mass is 32.2. The van der Waals surface area contributed by atoms with Gasteiger partial charge in [0.15, 0.2) is 5.82 Å². The van der Waals surface area contributed by atoms with Crippen molar-refractivity contribution in [2.24, 2.45) is 0 Å². The van der Waals surface area contributed by atoms with Crippen LogP contribution in [0.2, 0.25) is 0 Å². The first-order chi connectivity index (χ1) is 7.54. The maximum Gasteiger partial charge on any atom is 0.225 e. The van der Waals surface area contributed by atoms with Crippen LogP contribution in [0.25, 0.3) is 0 Å². The van der Waals surface area contributed by atoms with E-state index in [1.54, 1.807) is 0 Å². The fourth-order valence-corrected chi connectivity index (χ4v) is 1.51. The molecule has 1 aromatic carbocycles. The monoisotopic (exact) mass is 246 g/mol. The Morgan fingerprint density at radius 3 is 2.75 bits per heavy atom. The van der Waals surface area contributed by atoms with Gasteiger partial charge in [-0.3, -0.25) is 4.79 Å². The minimum atomic E-state index is -0.866. The summed E-state index contributed by atoms with van der Waals surface area (Å²) in [4.78, 5) is 11.3. The van der Waals surface area contributed by atoms with E-state index in [0.717, 1.165) is 6.07 Å². The molecule has 0 saturated carbocycles. The molecule has 0 bridgehead atoms. The summed E-state index contributed by atoms with van der Waals surface area (Å²) in [5.41, 5.74) is 5.12. The standard InChI is InChI=1S/C10H12F2N2OS/c1-16-3-2-9(15)14-10-7(12)4-6(11)5-8(10)13/h4-5H,2-3,13H2,1H3,(H,14,15). The zero-order valence-corrected chi connectivity index (χ0v) is 9.54. The Kier molecular flexibility index (Phi) is 4.54. The van der Waals surface area contributed by atoms with E-state index in [4.69, 9.17) is 5.73 Å². The number of amides is 1. The SMILES string of the molecule is CSCCC(=O)Nc1c(N)cc(F)cc1F. The molecule has 0 spiro atoms. The van der Waals surface area contributed by atoms with Crippen molar-refractivity contribution in [2.75, 3.05) is 23.1 Å². The molecule has 0 saturated heterocycles. The first kappa shape index (κ1) is 12.8. The molecule has 16 heavy (non-hydrogen) atoms. The summed E-state index contributed by atoms with van der Waals surface area (Å²) in [5, 5.41) is 2.32. The summed E-state index contributed by atoms with van der Waals surface area (Å²) < 4.78 is 26.0. The number of nitrogens with two attached hydrogens (primary N) is 1. The molecule has 0 atom stereocenters. The minimum absolute atomic E-state index is 0.116. The average molecular weight is 246 g/mol. The van der Waals surface area contributed by atoms with Crippen LogP contribution >= 0.6 is 11.8 Å². The molecule has 1 rings (SSSR count). The second kappa shape index (κ2) is 5.69. The van der Waals surface area contributed by atoms with Crippen molar-refractivity contribution in [1.29, 1.82) is 0 Å². The summed E-state index contributed by atoms with van der Waals surface area (Å²) in [7, 11) is 0. The summed E-state index contributed by atoms with van der Waals surface area (Å²) >= 11 is 1.51. The number of hydrogen-bond acceptors (Lipinski definition) is 3. The maximum absolute atomic E-state index is 13.3. The molecular weight excluding hydrogens is 234 g/mol. The summed E-state index contributed by atoms with van der Waals surface area (Å²) in [5.74, 6) is -1.34. The smallest absolute Gasteiger partial charge is 0.225 e. The van der Waals surface area contributed by atoms with E-state index in [-0.39, 0.29) is 23.7 Å². The molecule has 0 aromatic heterocycles. The summed E-state index contributed by atoms with van der Waals surface area (Å²) in [6.45, 7) is 0. The van der Waals surface area contributed by atoms with Crippen molar-refractivity contribution in [3.05, 3.63) is 23.8 Å². The number of halogens is 2. The lowest BCUT2D eigenvalue weighted by atomic mass is 10.2. The van der Waals surface area contributed by atoms with Gasteiger partial charge in [-0.15, -0.1) is 0 Å². The van der Waals surface area contributed by atoms with Crippen molar-refractivity contribution >= 4 is 29.0 Å². The highest BCUT2D eigenvalue weighted by Crippen LogP contribution is 2.23. The largest absolute Gasteiger partial charge is 0.397 e. The van der Waals surface area contributed by atoms with Gasteiger partial charge in [0.1, 0.15) is 11.5 Å². The molecule has 1 aromatic rings. The molecular formula is C10H12F2N2OS. The number of nitrogen functional groups attached to an aromatic ring is 1. The number of carbonyl (C=O) groups is 1. The third kappa shape index (κ3) is 3.37. The van der Waals surface area contributed by atoms with Gasteiger partial charge in [0.25, 0.3) is 0 Å². The Balaban J connectivity index is 2.77. The number of nitrogens with one attached hydrogen (secondary N) is 1. The van der Waals surface area contributed by atoms with Crippen LogP contribution in [0.3, 0.4) is 0 Å². The summed E-state index contributed by atoms with van der Waals surface area (Å²) in [6.07, 6.45) is 2.12. The van der Waals surface area contributed by atoms with Crippen LogP contribution in [-0.2, 0) is 4.79 Å². The predicted octanol–water partition coefficient (Wildman–Crippen LogP) is 2.24. The van der Waals surface area contributed by atoms with Crippen molar-refractivity contribution in [3.8, 4) is 0 Å². The molecule has 6 heteroatoms. The quantitative estimate of drug-likeness (QED) is 0.801. The number of benzene rings is 1. The Bertz CT molecular complexity index is 375. The van der Waals surface area contributed by atoms with Gasteiger partial charge in [0.2, 0.25) is 5.91 Å². The predicted molar refractivity (Wildman–Crippen MR) is 62.4 cm³/mol. The number of thioether (sulfide) groups is 1. The number of carbonyl (C=O) groups excluding carboxylic acids is 1. The fourth-order valence-electron chi connectivity index (χ4n) is 1.12. The highest BCUT2D eigenvalue weighted by Gasteiger charge is 2.11. The van der Waals surface area contributed by atoms with Crippen molar-refractivity contribution < 1.29 is 13.6 Å². The fraction of sp³-hybridized carbons (Fsp3) is 0.300. The molecule has 0 aliphatic heterocycles. The molecule has 3 nitrogen and oxygen atoms in total. The molecule has 1 amide bonds. The van der Waals surface area contributed by atoms with Gasteiger partial charge < -0.3 is 11.1 Å². The van der Waals surface area contributed by atoms with E-state index in [0.29, 0.717) is 11.8 Å². The molecule has 0 aliphatic rings. The molecule has 88 valence electrons. The highest BCUT2D eigenvalue weighted by molar-refractivity contribution is 7.98. The first-order valence-corrected chi connectivity index (χ1v) is 5.97. The topological polar surface area (TPSA) is 55.1 Å². The van der Waals surface area contributed by atoms with Crippen LogP contribution in [-0.4, -0.2) is 17.9 Å². The lowest BCUT2D eigenvalue weighted by molar-refractivity contribution is -0.115. The summed E-state index contributed by atoms with van der Waals surface area (Å²) in [6, 6.07) is 1.65. The lowest BCUT2D eigenvalue weighted by Crippen LogP contribution is -2.15. The average Bonchev–Trinajstić information content (AvgIpc) is 2.20. The first-order valence-electron chi connectivity index (χ1n) is 4.58. The van der Waals surface area contributed by atoms with Crippen molar-refractivity contribution in [3.63, 3.8) is 0 Å². The second-order valence-electron chi connectivity index (χ2n) is 3.14. The molecule has 0 aliphatic carbocycles. The molecule has 0 fully saturated rings. The van der Waals surface area contributed by atoms with Crippen LogP contribution in [0.15, 0.2) is 12.1 Å². The normalized spacial score (nSPS) is 10.2. The van der Waals surface area contributed by atoms with Crippen LogP contribution in [0.5, 0.6) is 0 Å². The van der Waals surface area contributed by atoms with Crippen molar-refractivity contribution in [2.45, 2.75) is 6.42 Å². The molecule has 0 unspecified atom stereocenters. The van der Waals surface area contributed by atoms with E-state index in [2.05, 4.69) is 5.32 Å². The maximum atomic E-state index is 13.3. The van der Waals surface area contributed by atoms with Gasteiger partial charge in [0, 0.05) is 18.2 Å². The van der Waals surface area contributed by atoms with E-state index in [1.807, 2.05) is 6.26 Å². The van der Waals surface area contributed by atoms with Gasteiger partial charge in [0.05, 0.1) is 5.69 Å². The molecule has 3 N–H and O–H groups in total. The van der Waals surface area contributed by atoms with E-state index < -0.39 is 11.6 Å². The van der Waals surface area contributed by atoms with E-state index in [1.165, 1.54) is 11.8 Å². The van der Waals surface area contributed by atoms with Crippen LogP contribution in [0, 0.1) is 11.6 Å². The number of anilines is 2. The Morgan fingerprint density at radius 2 is 2.19 bits per heavy atom. The third-order valence-electron chi connectivity index (χ3n) is 1.88. The van der Waals surface area contributed by atoms with Gasteiger partial charge >= 0.3 is 0 Å². The van der Waals surface area contributed by atoms with Crippen molar-refractivity contribution in [1.82, 2.24) is 0 Å². The van der Waals surface area contributed by atoms with Gasteiger partial charge in [-0.2, -0.15) is 11.8 Å². The van der Waals surface area contributed by atoms with Crippen LogP contribution in [0.1, 0.15) is 6.42 Å².